The van der Waals surface area contributed by atoms with Crippen LogP contribution >= 0.6 is 11.8 Å². The van der Waals surface area contributed by atoms with Crippen LogP contribution in [0.25, 0.3) is 0 Å². The molecule has 124 valence electrons. The fraction of sp³-hybridized carbons (Fsp3) is 0.667. The summed E-state index contributed by atoms with van der Waals surface area (Å²) in [4.78, 5) is 2.58. The molecule has 0 saturated carbocycles. The van der Waals surface area contributed by atoms with Crippen molar-refractivity contribution in [1.29, 1.82) is 0 Å². The molecule has 4 heteroatoms. The van der Waals surface area contributed by atoms with Crippen LogP contribution in [-0.4, -0.2) is 59.8 Å². The summed E-state index contributed by atoms with van der Waals surface area (Å²) in [6.07, 6.45) is 5.65. The quantitative estimate of drug-likeness (QED) is 0.770. The highest BCUT2D eigenvalue weighted by Crippen LogP contribution is 2.16. The monoisotopic (exact) mass is 322 g/mol. The second kappa shape index (κ2) is 9.56. The summed E-state index contributed by atoms with van der Waals surface area (Å²) in [5.41, 5.74) is 1.43. The number of benzene rings is 1. The molecule has 1 fully saturated rings. The van der Waals surface area contributed by atoms with Crippen molar-refractivity contribution in [3.05, 3.63) is 35.9 Å². The molecule has 22 heavy (non-hydrogen) atoms. The van der Waals surface area contributed by atoms with Crippen molar-refractivity contribution in [2.24, 2.45) is 0 Å². The second-order valence-electron chi connectivity index (χ2n) is 6.26. The SMILES string of the molecule is CSC(CO)C(C)NC1CCN(CCc2ccccc2)CC1. The number of aliphatic hydroxyl groups excluding tert-OH is 1. The van der Waals surface area contributed by atoms with E-state index in [1.165, 1.54) is 31.5 Å². The highest BCUT2D eigenvalue weighted by Gasteiger charge is 2.23. The van der Waals surface area contributed by atoms with Gasteiger partial charge in [-0.2, -0.15) is 11.8 Å². The maximum atomic E-state index is 9.38. The molecule has 1 aliphatic rings. The van der Waals surface area contributed by atoms with E-state index in [0.29, 0.717) is 17.3 Å². The van der Waals surface area contributed by atoms with Gasteiger partial charge in [0.25, 0.3) is 0 Å². The topological polar surface area (TPSA) is 35.5 Å². The Balaban J connectivity index is 1.67. The van der Waals surface area contributed by atoms with Gasteiger partial charge in [0.15, 0.2) is 0 Å². The zero-order valence-electron chi connectivity index (χ0n) is 13.9. The Bertz CT molecular complexity index is 403. The summed E-state index contributed by atoms with van der Waals surface area (Å²) in [7, 11) is 0. The predicted molar refractivity (Wildman–Crippen MR) is 96.6 cm³/mol. The Kier molecular flexibility index (Phi) is 7.73. The molecule has 0 aliphatic carbocycles. The number of aliphatic hydroxyl groups is 1. The number of likely N-dealkylation sites (tertiary alicyclic amines) is 1. The minimum atomic E-state index is 0.255. The Hall–Kier alpha value is -0.550. The maximum absolute atomic E-state index is 9.38. The van der Waals surface area contributed by atoms with Gasteiger partial charge in [0, 0.05) is 23.9 Å². The second-order valence-corrected chi connectivity index (χ2v) is 7.34. The van der Waals surface area contributed by atoms with E-state index in [-0.39, 0.29) is 6.61 Å². The lowest BCUT2D eigenvalue weighted by Crippen LogP contribution is -2.49. The van der Waals surface area contributed by atoms with E-state index >= 15 is 0 Å². The molecule has 2 atom stereocenters. The predicted octanol–water partition coefficient (Wildman–Crippen LogP) is 2.40. The van der Waals surface area contributed by atoms with Gasteiger partial charge in [-0.1, -0.05) is 30.3 Å². The summed E-state index contributed by atoms with van der Waals surface area (Å²) in [5, 5.41) is 13.4. The molecule has 0 amide bonds. The zero-order valence-corrected chi connectivity index (χ0v) is 14.7. The van der Waals surface area contributed by atoms with Crippen LogP contribution in [0.2, 0.25) is 0 Å². The third kappa shape index (κ3) is 5.58. The standard InChI is InChI=1S/C18H30N2OS/c1-15(18(14-21)22-2)19-17-9-12-20(13-10-17)11-8-16-6-4-3-5-7-16/h3-7,15,17-19,21H,8-14H2,1-2H3. The van der Waals surface area contributed by atoms with Crippen LogP contribution in [0.3, 0.4) is 0 Å². The minimum Gasteiger partial charge on any atom is -0.395 e. The highest BCUT2D eigenvalue weighted by molar-refractivity contribution is 7.99. The van der Waals surface area contributed by atoms with Gasteiger partial charge in [-0.15, -0.1) is 0 Å². The van der Waals surface area contributed by atoms with Gasteiger partial charge in [0.1, 0.15) is 0 Å². The molecule has 1 aliphatic heterocycles. The lowest BCUT2D eigenvalue weighted by molar-refractivity contribution is 0.188. The number of piperidine rings is 1. The average molecular weight is 323 g/mol. The van der Waals surface area contributed by atoms with Crippen LogP contribution in [0.15, 0.2) is 30.3 Å². The summed E-state index contributed by atoms with van der Waals surface area (Å²) >= 11 is 1.75. The van der Waals surface area contributed by atoms with Gasteiger partial charge in [0.2, 0.25) is 0 Å². The normalized spacial score (nSPS) is 20.0. The first-order valence-corrected chi connectivity index (χ1v) is 9.67. The lowest BCUT2D eigenvalue weighted by atomic mass is 10.0. The number of nitrogens with zero attached hydrogens (tertiary/aromatic N) is 1. The molecule has 1 saturated heterocycles. The van der Waals surface area contributed by atoms with Gasteiger partial charge in [-0.3, -0.25) is 0 Å². The van der Waals surface area contributed by atoms with E-state index in [1.807, 2.05) is 0 Å². The summed E-state index contributed by atoms with van der Waals surface area (Å²) in [6, 6.07) is 11.7. The van der Waals surface area contributed by atoms with Crippen molar-refractivity contribution in [2.45, 2.75) is 43.5 Å². The maximum Gasteiger partial charge on any atom is 0.0564 e. The van der Waals surface area contributed by atoms with Crippen molar-refractivity contribution < 1.29 is 5.11 Å². The largest absolute Gasteiger partial charge is 0.395 e. The van der Waals surface area contributed by atoms with Crippen molar-refractivity contribution in [3.8, 4) is 0 Å². The van der Waals surface area contributed by atoms with Crippen LogP contribution in [0.5, 0.6) is 0 Å². The smallest absolute Gasteiger partial charge is 0.0564 e. The van der Waals surface area contributed by atoms with Crippen LogP contribution in [0.1, 0.15) is 25.3 Å². The molecule has 1 aromatic rings. The zero-order chi connectivity index (χ0) is 15.8. The summed E-state index contributed by atoms with van der Waals surface area (Å²) in [5.74, 6) is 0. The minimum absolute atomic E-state index is 0.255. The van der Waals surface area contributed by atoms with Crippen molar-refractivity contribution in [1.82, 2.24) is 10.2 Å². The average Bonchev–Trinajstić information content (AvgIpc) is 2.56. The number of rotatable bonds is 8. The highest BCUT2D eigenvalue weighted by atomic mass is 32.2. The molecule has 0 radical (unpaired) electrons. The lowest BCUT2D eigenvalue weighted by Gasteiger charge is -2.35. The van der Waals surface area contributed by atoms with Gasteiger partial charge in [0.05, 0.1) is 6.61 Å². The summed E-state index contributed by atoms with van der Waals surface area (Å²) in [6.45, 7) is 5.97. The molecular formula is C18H30N2OS. The molecule has 0 aromatic heterocycles. The van der Waals surface area contributed by atoms with Crippen molar-refractivity contribution in [2.75, 3.05) is 32.5 Å². The van der Waals surface area contributed by atoms with E-state index in [2.05, 4.69) is 53.7 Å². The van der Waals surface area contributed by atoms with E-state index in [1.54, 1.807) is 11.8 Å². The van der Waals surface area contributed by atoms with Crippen molar-refractivity contribution >= 4 is 11.8 Å². The summed E-state index contributed by atoms with van der Waals surface area (Å²) < 4.78 is 0. The number of hydrogen-bond donors (Lipinski definition) is 2. The molecular weight excluding hydrogens is 292 g/mol. The van der Waals surface area contributed by atoms with Gasteiger partial charge >= 0.3 is 0 Å². The molecule has 2 N–H and O–H groups in total. The molecule has 0 spiro atoms. The fourth-order valence-corrected chi connectivity index (χ4v) is 3.81. The number of nitrogens with one attached hydrogen (secondary N) is 1. The first-order chi connectivity index (χ1) is 10.7. The third-order valence-electron chi connectivity index (χ3n) is 4.69. The molecule has 0 bridgehead atoms. The molecule has 2 rings (SSSR count). The van der Waals surface area contributed by atoms with E-state index < -0.39 is 0 Å². The number of hydrogen-bond acceptors (Lipinski definition) is 4. The van der Waals surface area contributed by atoms with Crippen molar-refractivity contribution in [3.63, 3.8) is 0 Å². The van der Waals surface area contributed by atoms with Crippen LogP contribution < -0.4 is 5.32 Å². The Morgan fingerprint density at radius 1 is 1.27 bits per heavy atom. The fourth-order valence-electron chi connectivity index (χ4n) is 3.17. The van der Waals surface area contributed by atoms with Crippen LogP contribution in [0, 0.1) is 0 Å². The van der Waals surface area contributed by atoms with Gasteiger partial charge in [-0.05, 0) is 51.1 Å². The third-order valence-corrected chi connectivity index (χ3v) is 5.85. The van der Waals surface area contributed by atoms with E-state index in [0.717, 1.165) is 13.0 Å². The van der Waals surface area contributed by atoms with Gasteiger partial charge in [-0.25, -0.2) is 0 Å². The Labute approximate surface area is 139 Å². The molecule has 1 heterocycles. The van der Waals surface area contributed by atoms with E-state index in [4.69, 9.17) is 0 Å². The Morgan fingerprint density at radius 3 is 2.55 bits per heavy atom. The Morgan fingerprint density at radius 2 is 1.95 bits per heavy atom. The van der Waals surface area contributed by atoms with Crippen LogP contribution in [0.4, 0.5) is 0 Å². The molecule has 3 nitrogen and oxygen atoms in total. The molecule has 2 unspecified atom stereocenters. The van der Waals surface area contributed by atoms with E-state index in [9.17, 15) is 5.11 Å². The van der Waals surface area contributed by atoms with Gasteiger partial charge < -0.3 is 15.3 Å². The first kappa shape index (κ1) is 17.8. The van der Waals surface area contributed by atoms with Crippen LogP contribution in [-0.2, 0) is 6.42 Å². The number of thioether (sulfide) groups is 1. The first-order valence-electron chi connectivity index (χ1n) is 8.39. The molecule has 1 aromatic carbocycles.